The number of fused-ring (bicyclic) bond motifs is 2. The molecule has 2 amide bonds. The molecule has 6 heterocycles. The van der Waals surface area contributed by atoms with Gasteiger partial charge in [-0.15, -0.1) is 11.3 Å². The third-order valence-corrected chi connectivity index (χ3v) is 8.28. The highest BCUT2D eigenvalue weighted by atomic mass is 32.1. The number of thiophene rings is 1. The molecule has 2 saturated heterocycles. The quantitative estimate of drug-likeness (QED) is 0.398. The zero-order valence-electron chi connectivity index (χ0n) is 18.4. The van der Waals surface area contributed by atoms with Crippen molar-refractivity contribution in [3.63, 3.8) is 0 Å². The van der Waals surface area contributed by atoms with E-state index in [1.165, 1.54) is 0 Å². The molecule has 170 valence electrons. The summed E-state index contributed by atoms with van der Waals surface area (Å²) in [5, 5.41) is 9.57. The third kappa shape index (κ3) is 2.87. The number of H-pyrrole nitrogens is 1. The van der Waals surface area contributed by atoms with Crippen LogP contribution in [-0.2, 0) is 9.59 Å². The third-order valence-electron chi connectivity index (χ3n) is 7.44. The van der Waals surface area contributed by atoms with Crippen LogP contribution in [0.2, 0.25) is 0 Å². The number of amides is 2. The SMILES string of the molecule is O=C1NC(=O)C(c2c[nH]c3sccc23)=C1c1nc(N2CCC3(CC2)CNC3)nc2ccccc12. The largest absolute Gasteiger partial charge is 0.352 e. The smallest absolute Gasteiger partial charge is 0.261 e. The van der Waals surface area contributed by atoms with Gasteiger partial charge in [-0.25, -0.2) is 9.97 Å². The second kappa shape index (κ2) is 7.22. The Morgan fingerprint density at radius 1 is 0.941 bits per heavy atom. The first kappa shape index (κ1) is 19.9. The van der Waals surface area contributed by atoms with Crippen molar-refractivity contribution < 1.29 is 9.59 Å². The van der Waals surface area contributed by atoms with Crippen LogP contribution in [0, 0.1) is 5.41 Å². The average Bonchev–Trinajstić information content (AvgIpc) is 3.52. The molecule has 4 aromatic rings. The Morgan fingerprint density at radius 3 is 2.53 bits per heavy atom. The Morgan fingerprint density at radius 2 is 1.74 bits per heavy atom. The zero-order valence-corrected chi connectivity index (χ0v) is 19.2. The van der Waals surface area contributed by atoms with Crippen molar-refractivity contribution in [1.82, 2.24) is 25.6 Å². The number of hydrogen-bond donors (Lipinski definition) is 3. The van der Waals surface area contributed by atoms with Crippen LogP contribution in [0.25, 0.3) is 32.3 Å². The molecule has 7 rings (SSSR count). The van der Waals surface area contributed by atoms with Crippen LogP contribution in [0.15, 0.2) is 41.9 Å². The molecule has 3 aliphatic heterocycles. The van der Waals surface area contributed by atoms with Crippen LogP contribution in [0.3, 0.4) is 0 Å². The number of anilines is 1. The highest BCUT2D eigenvalue weighted by Gasteiger charge is 2.41. The molecule has 0 saturated carbocycles. The summed E-state index contributed by atoms with van der Waals surface area (Å²) in [5.74, 6) is -0.198. The van der Waals surface area contributed by atoms with Gasteiger partial charge in [0.15, 0.2) is 0 Å². The van der Waals surface area contributed by atoms with E-state index in [1.807, 2.05) is 35.7 Å². The van der Waals surface area contributed by atoms with E-state index in [0.717, 1.165) is 65.7 Å². The Kier molecular flexibility index (Phi) is 4.22. The molecule has 0 bridgehead atoms. The van der Waals surface area contributed by atoms with E-state index in [1.54, 1.807) is 17.5 Å². The summed E-state index contributed by atoms with van der Waals surface area (Å²) in [7, 11) is 0. The number of nitrogens with one attached hydrogen (secondary N) is 3. The second-order valence-corrected chi connectivity index (χ2v) is 10.3. The fourth-order valence-corrected chi connectivity index (χ4v) is 6.18. The minimum atomic E-state index is -0.419. The number of benzene rings is 1. The second-order valence-electron chi connectivity index (χ2n) is 9.38. The van der Waals surface area contributed by atoms with Crippen molar-refractivity contribution in [3.05, 3.63) is 53.2 Å². The number of aromatic nitrogens is 3. The molecular formula is C25H22N6O2S. The topological polar surface area (TPSA) is 103 Å². The Hall–Kier alpha value is -3.56. The number of para-hydroxylation sites is 1. The number of imide groups is 1. The fourth-order valence-electron chi connectivity index (χ4n) is 5.40. The van der Waals surface area contributed by atoms with Crippen molar-refractivity contribution >= 4 is 61.4 Å². The standard InChI is InChI=1S/C25H22N6O2S/c32-21-18(16-11-27-23-14(16)5-10-34-23)19(22(33)30-21)20-15-3-1-2-4-17(15)28-24(29-20)31-8-6-25(7-9-31)12-26-13-25/h1-5,10-11,26-27H,6-9,12-13H2,(H,30,32,33). The molecule has 9 heteroatoms. The molecule has 0 atom stereocenters. The minimum Gasteiger partial charge on any atom is -0.352 e. The van der Waals surface area contributed by atoms with Gasteiger partial charge in [0.1, 0.15) is 4.83 Å². The van der Waals surface area contributed by atoms with Crippen LogP contribution >= 0.6 is 11.3 Å². The summed E-state index contributed by atoms with van der Waals surface area (Å²) < 4.78 is 0. The monoisotopic (exact) mass is 470 g/mol. The van der Waals surface area contributed by atoms with E-state index in [2.05, 4.69) is 20.5 Å². The van der Waals surface area contributed by atoms with Gasteiger partial charge in [-0.3, -0.25) is 14.9 Å². The Balaban J connectivity index is 1.41. The lowest BCUT2D eigenvalue weighted by atomic mass is 9.73. The lowest BCUT2D eigenvalue weighted by Crippen LogP contribution is -2.58. The molecule has 3 aliphatic rings. The van der Waals surface area contributed by atoms with Gasteiger partial charge in [0.25, 0.3) is 11.8 Å². The number of piperidine rings is 1. The number of aromatic amines is 1. The highest BCUT2D eigenvalue weighted by Crippen LogP contribution is 2.39. The summed E-state index contributed by atoms with van der Waals surface area (Å²) >= 11 is 1.56. The van der Waals surface area contributed by atoms with Crippen molar-refractivity contribution in [2.24, 2.45) is 5.41 Å². The van der Waals surface area contributed by atoms with Crippen LogP contribution < -0.4 is 15.5 Å². The van der Waals surface area contributed by atoms with Crippen LogP contribution in [0.4, 0.5) is 5.95 Å². The molecule has 1 spiro atoms. The molecule has 1 aromatic carbocycles. The first-order valence-electron chi connectivity index (χ1n) is 11.5. The fraction of sp³-hybridized carbons (Fsp3) is 0.280. The van der Waals surface area contributed by atoms with Gasteiger partial charge in [-0.1, -0.05) is 18.2 Å². The predicted molar refractivity (Wildman–Crippen MR) is 132 cm³/mol. The normalized spacial score (nSPS) is 19.9. The molecule has 0 aliphatic carbocycles. The van der Waals surface area contributed by atoms with E-state index in [0.29, 0.717) is 28.2 Å². The number of carbonyl (C=O) groups is 2. The average molecular weight is 471 g/mol. The lowest BCUT2D eigenvalue weighted by Gasteiger charge is -2.48. The zero-order chi connectivity index (χ0) is 22.9. The van der Waals surface area contributed by atoms with Crippen LogP contribution in [0.5, 0.6) is 0 Å². The molecule has 2 fully saturated rings. The number of carbonyl (C=O) groups excluding carboxylic acids is 2. The van der Waals surface area contributed by atoms with Gasteiger partial charge in [0, 0.05) is 48.7 Å². The number of rotatable bonds is 3. The van der Waals surface area contributed by atoms with Gasteiger partial charge in [0.2, 0.25) is 5.95 Å². The van der Waals surface area contributed by atoms with Crippen molar-refractivity contribution in [2.75, 3.05) is 31.1 Å². The number of hydrogen-bond acceptors (Lipinski definition) is 7. The van der Waals surface area contributed by atoms with Gasteiger partial charge in [-0.05, 0) is 35.8 Å². The first-order valence-corrected chi connectivity index (χ1v) is 12.4. The van der Waals surface area contributed by atoms with Crippen LogP contribution in [-0.4, -0.2) is 52.9 Å². The van der Waals surface area contributed by atoms with E-state index in [4.69, 9.17) is 9.97 Å². The summed E-state index contributed by atoms with van der Waals surface area (Å²) in [6, 6.07) is 9.66. The summed E-state index contributed by atoms with van der Waals surface area (Å²) in [4.78, 5) is 42.3. The Bertz CT molecular complexity index is 1520. The van der Waals surface area contributed by atoms with Crippen molar-refractivity contribution in [3.8, 4) is 0 Å². The molecule has 0 unspecified atom stereocenters. The van der Waals surface area contributed by atoms with Crippen molar-refractivity contribution in [1.29, 1.82) is 0 Å². The minimum absolute atomic E-state index is 0.314. The van der Waals surface area contributed by atoms with Gasteiger partial charge in [-0.2, -0.15) is 0 Å². The maximum atomic E-state index is 13.1. The predicted octanol–water partition coefficient (Wildman–Crippen LogP) is 2.93. The molecule has 0 radical (unpaired) electrons. The maximum Gasteiger partial charge on any atom is 0.261 e. The summed E-state index contributed by atoms with van der Waals surface area (Å²) in [5.41, 5.74) is 3.08. The van der Waals surface area contributed by atoms with Gasteiger partial charge >= 0.3 is 0 Å². The maximum absolute atomic E-state index is 13.1. The van der Waals surface area contributed by atoms with Gasteiger partial charge in [0.05, 0.1) is 22.4 Å². The lowest BCUT2D eigenvalue weighted by molar-refractivity contribution is -0.122. The van der Waals surface area contributed by atoms with Crippen LogP contribution in [0.1, 0.15) is 24.1 Å². The molecule has 8 nitrogen and oxygen atoms in total. The molecule has 34 heavy (non-hydrogen) atoms. The highest BCUT2D eigenvalue weighted by molar-refractivity contribution is 7.16. The number of nitrogens with zero attached hydrogens (tertiary/aromatic N) is 3. The molecule has 3 N–H and O–H groups in total. The van der Waals surface area contributed by atoms with Crippen molar-refractivity contribution in [2.45, 2.75) is 12.8 Å². The van der Waals surface area contributed by atoms with Gasteiger partial charge < -0.3 is 15.2 Å². The first-order chi connectivity index (χ1) is 16.6. The molecule has 3 aromatic heterocycles. The van der Waals surface area contributed by atoms with E-state index >= 15 is 0 Å². The van der Waals surface area contributed by atoms with E-state index < -0.39 is 11.8 Å². The Labute approximate surface area is 199 Å². The summed E-state index contributed by atoms with van der Waals surface area (Å²) in [6.07, 6.45) is 3.99. The van der Waals surface area contributed by atoms with E-state index in [-0.39, 0.29) is 0 Å². The molecular weight excluding hydrogens is 448 g/mol. The summed E-state index contributed by atoms with van der Waals surface area (Å²) in [6.45, 7) is 3.92. The van der Waals surface area contributed by atoms with E-state index in [9.17, 15) is 9.59 Å².